The Labute approximate surface area is 105 Å². The number of aliphatic hydroxyl groups excluding tert-OH is 2. The van der Waals surface area contributed by atoms with E-state index >= 15 is 0 Å². The van der Waals surface area contributed by atoms with Gasteiger partial charge in [-0.3, -0.25) is 4.90 Å². The predicted octanol–water partition coefficient (Wildman–Crippen LogP) is 0.369. The number of hydrogen-bond acceptors (Lipinski definition) is 6. The molecule has 1 aromatic heterocycles. The number of piperidine rings is 1. The third kappa shape index (κ3) is 2.95. The van der Waals surface area contributed by atoms with Crippen LogP contribution in [0.25, 0.3) is 0 Å². The molecule has 0 aliphatic carbocycles. The lowest BCUT2D eigenvalue weighted by Crippen LogP contribution is -2.59. The summed E-state index contributed by atoms with van der Waals surface area (Å²) in [5.74, 6) is 0. The van der Waals surface area contributed by atoms with Crippen LogP contribution in [0, 0.1) is 0 Å². The second kappa shape index (κ2) is 5.30. The molecule has 0 radical (unpaired) electrons. The molecule has 1 saturated heterocycles. The Balaban J connectivity index is 2.03. The maximum Gasteiger partial charge on any atom is 0.102 e. The van der Waals surface area contributed by atoms with Crippen LogP contribution < -0.4 is 5.32 Å². The van der Waals surface area contributed by atoms with Gasteiger partial charge in [-0.1, -0.05) is 0 Å². The van der Waals surface area contributed by atoms with Crippen LogP contribution in [0.2, 0.25) is 0 Å². The summed E-state index contributed by atoms with van der Waals surface area (Å²) in [5.41, 5.74) is 0.900. The third-order valence-electron chi connectivity index (χ3n) is 3.17. The van der Waals surface area contributed by atoms with E-state index in [0.29, 0.717) is 12.6 Å². The molecule has 1 aromatic rings. The van der Waals surface area contributed by atoms with Crippen molar-refractivity contribution in [3.05, 3.63) is 11.6 Å². The lowest BCUT2D eigenvalue weighted by molar-refractivity contribution is -0.0528. The Bertz CT molecular complexity index is 344. The van der Waals surface area contributed by atoms with E-state index in [2.05, 4.69) is 28.4 Å². The second-order valence-electron chi connectivity index (χ2n) is 4.77. The molecule has 0 spiro atoms. The zero-order valence-corrected chi connectivity index (χ0v) is 10.9. The van der Waals surface area contributed by atoms with Crippen molar-refractivity contribution >= 4 is 17.2 Å². The van der Waals surface area contributed by atoms with Crippen LogP contribution in [0.1, 0.15) is 13.8 Å². The summed E-state index contributed by atoms with van der Waals surface area (Å²) in [4.78, 5) is 2.16. The Morgan fingerprint density at radius 3 is 2.82 bits per heavy atom. The van der Waals surface area contributed by atoms with Crippen LogP contribution in [0.4, 0.5) is 5.69 Å². The monoisotopic (exact) mass is 257 g/mol. The van der Waals surface area contributed by atoms with Gasteiger partial charge in [0.2, 0.25) is 0 Å². The number of nitrogens with zero attached hydrogens (tertiary/aromatic N) is 2. The SMILES string of the molecule is CC(C)N1C[C@H](Nc2cnsc2)[C@@H](O)[C@@H](O)C1. The molecule has 2 rings (SSSR count). The van der Waals surface area contributed by atoms with Crippen molar-refractivity contribution in [2.45, 2.75) is 38.1 Å². The summed E-state index contributed by atoms with van der Waals surface area (Å²) in [6.07, 6.45) is 0.304. The van der Waals surface area contributed by atoms with Gasteiger partial charge in [0, 0.05) is 24.5 Å². The average molecular weight is 257 g/mol. The lowest BCUT2D eigenvalue weighted by Gasteiger charge is -2.41. The number of anilines is 1. The summed E-state index contributed by atoms with van der Waals surface area (Å²) in [7, 11) is 0. The van der Waals surface area contributed by atoms with Crippen molar-refractivity contribution in [1.29, 1.82) is 0 Å². The third-order valence-corrected chi connectivity index (χ3v) is 3.76. The van der Waals surface area contributed by atoms with Crippen LogP contribution >= 0.6 is 11.5 Å². The van der Waals surface area contributed by atoms with Gasteiger partial charge in [-0.05, 0) is 25.4 Å². The van der Waals surface area contributed by atoms with Crippen molar-refractivity contribution in [3.8, 4) is 0 Å². The maximum absolute atomic E-state index is 9.98. The first kappa shape index (κ1) is 12.8. The minimum atomic E-state index is -0.732. The van der Waals surface area contributed by atoms with E-state index in [4.69, 9.17) is 0 Å². The number of hydrogen-bond donors (Lipinski definition) is 3. The molecule has 3 N–H and O–H groups in total. The minimum Gasteiger partial charge on any atom is -0.389 e. The molecule has 96 valence electrons. The number of aromatic nitrogens is 1. The summed E-state index contributed by atoms with van der Waals surface area (Å²) >= 11 is 1.37. The zero-order valence-electron chi connectivity index (χ0n) is 10.1. The van der Waals surface area contributed by atoms with E-state index in [-0.39, 0.29) is 6.04 Å². The van der Waals surface area contributed by atoms with Crippen molar-refractivity contribution in [2.24, 2.45) is 0 Å². The normalized spacial score (nSPS) is 30.8. The van der Waals surface area contributed by atoms with Gasteiger partial charge < -0.3 is 15.5 Å². The van der Waals surface area contributed by atoms with Crippen molar-refractivity contribution in [3.63, 3.8) is 0 Å². The van der Waals surface area contributed by atoms with Gasteiger partial charge in [-0.15, -0.1) is 0 Å². The highest BCUT2D eigenvalue weighted by atomic mass is 32.1. The fourth-order valence-electron chi connectivity index (χ4n) is 2.09. The minimum absolute atomic E-state index is 0.155. The molecule has 2 heterocycles. The molecule has 0 aromatic carbocycles. The van der Waals surface area contributed by atoms with Crippen molar-refractivity contribution < 1.29 is 10.2 Å². The first-order chi connectivity index (χ1) is 8.08. The van der Waals surface area contributed by atoms with Crippen LogP contribution in [0.3, 0.4) is 0 Å². The molecule has 17 heavy (non-hydrogen) atoms. The number of likely N-dealkylation sites (tertiary alicyclic amines) is 1. The molecule has 1 fully saturated rings. The molecule has 3 atom stereocenters. The number of β-amino-alcohol motifs (C(OH)–C–C–N with tert-alkyl or cyclic N) is 1. The van der Waals surface area contributed by atoms with Gasteiger partial charge >= 0.3 is 0 Å². The van der Waals surface area contributed by atoms with Gasteiger partial charge in [-0.2, -0.15) is 4.37 Å². The number of aliphatic hydroxyl groups is 2. The van der Waals surface area contributed by atoms with Crippen molar-refractivity contribution in [2.75, 3.05) is 18.4 Å². The van der Waals surface area contributed by atoms with E-state index in [1.165, 1.54) is 11.5 Å². The highest BCUT2D eigenvalue weighted by Gasteiger charge is 2.35. The smallest absolute Gasteiger partial charge is 0.102 e. The van der Waals surface area contributed by atoms with Crippen LogP contribution in [-0.4, -0.2) is 56.9 Å². The van der Waals surface area contributed by atoms with Gasteiger partial charge in [-0.25, -0.2) is 0 Å². The van der Waals surface area contributed by atoms with E-state index in [9.17, 15) is 10.2 Å². The second-order valence-corrected chi connectivity index (χ2v) is 5.43. The molecule has 0 unspecified atom stereocenters. The van der Waals surface area contributed by atoms with Crippen molar-refractivity contribution in [1.82, 2.24) is 9.27 Å². The Morgan fingerprint density at radius 2 is 2.24 bits per heavy atom. The molecule has 0 bridgehead atoms. The largest absolute Gasteiger partial charge is 0.389 e. The standard InChI is InChI=1S/C11H19N3O2S/c1-7(2)14-4-9(11(16)10(15)5-14)13-8-3-12-17-6-8/h3,6-7,9-11,13,15-16H,4-5H2,1-2H3/t9-,10-,11+/m0/s1. The molecule has 1 aliphatic heterocycles. The van der Waals surface area contributed by atoms with E-state index in [0.717, 1.165) is 12.2 Å². The highest BCUT2D eigenvalue weighted by Crippen LogP contribution is 2.19. The average Bonchev–Trinajstić information content (AvgIpc) is 2.77. The maximum atomic E-state index is 9.98. The Morgan fingerprint density at radius 1 is 1.47 bits per heavy atom. The lowest BCUT2D eigenvalue weighted by atomic mass is 9.98. The zero-order chi connectivity index (χ0) is 12.4. The molecule has 0 amide bonds. The molecule has 0 saturated carbocycles. The fraction of sp³-hybridized carbons (Fsp3) is 0.727. The van der Waals surface area contributed by atoms with Gasteiger partial charge in [0.15, 0.2) is 0 Å². The van der Waals surface area contributed by atoms with Gasteiger partial charge in [0.25, 0.3) is 0 Å². The topological polar surface area (TPSA) is 68.6 Å². The number of nitrogens with one attached hydrogen (secondary N) is 1. The van der Waals surface area contributed by atoms with E-state index in [1.807, 2.05) is 5.38 Å². The fourth-order valence-corrected chi connectivity index (χ4v) is 2.57. The number of rotatable bonds is 3. The summed E-state index contributed by atoms with van der Waals surface area (Å²) in [6, 6.07) is 0.208. The summed E-state index contributed by atoms with van der Waals surface area (Å²) in [5, 5.41) is 24.9. The molecule has 1 aliphatic rings. The summed E-state index contributed by atoms with van der Waals surface area (Å²) < 4.78 is 4.01. The Kier molecular flexibility index (Phi) is 3.98. The van der Waals surface area contributed by atoms with E-state index in [1.54, 1.807) is 6.20 Å². The Hall–Kier alpha value is -0.690. The van der Waals surface area contributed by atoms with Crippen LogP contribution in [0.15, 0.2) is 11.6 Å². The summed E-state index contributed by atoms with van der Waals surface area (Å²) in [6.45, 7) is 5.44. The van der Waals surface area contributed by atoms with Gasteiger partial charge in [0.1, 0.15) is 6.10 Å². The molecule has 6 heteroatoms. The molecular weight excluding hydrogens is 238 g/mol. The highest BCUT2D eigenvalue weighted by molar-refractivity contribution is 7.04. The quantitative estimate of drug-likeness (QED) is 0.730. The van der Waals surface area contributed by atoms with Crippen LogP contribution in [-0.2, 0) is 0 Å². The predicted molar refractivity (Wildman–Crippen MR) is 68.2 cm³/mol. The molecular formula is C11H19N3O2S. The molecule has 5 nitrogen and oxygen atoms in total. The van der Waals surface area contributed by atoms with Crippen LogP contribution in [0.5, 0.6) is 0 Å². The first-order valence-electron chi connectivity index (χ1n) is 5.84. The first-order valence-corrected chi connectivity index (χ1v) is 6.67. The van der Waals surface area contributed by atoms with Gasteiger partial charge in [0.05, 0.1) is 24.0 Å². The van der Waals surface area contributed by atoms with E-state index < -0.39 is 12.2 Å².